The van der Waals surface area contributed by atoms with Crippen LogP contribution in [0.5, 0.6) is 17.4 Å². The second-order valence-electron chi connectivity index (χ2n) is 10.8. The van der Waals surface area contributed by atoms with Crippen LogP contribution in [0.25, 0.3) is 5.69 Å². The molecule has 3 heterocycles. The average molecular weight is 611 g/mol. The van der Waals surface area contributed by atoms with Crippen LogP contribution in [0.3, 0.4) is 0 Å². The van der Waals surface area contributed by atoms with Crippen LogP contribution in [-0.2, 0) is 22.1 Å². The van der Waals surface area contributed by atoms with Crippen molar-refractivity contribution in [2.75, 3.05) is 0 Å². The van der Waals surface area contributed by atoms with E-state index >= 15 is 0 Å². The van der Waals surface area contributed by atoms with Crippen molar-refractivity contribution in [1.29, 1.82) is 0 Å². The predicted molar refractivity (Wildman–Crippen MR) is 136 cm³/mol. The summed E-state index contributed by atoms with van der Waals surface area (Å²) in [6, 6.07) is 5.55. The highest BCUT2D eigenvalue weighted by Crippen LogP contribution is 2.44. The lowest BCUT2D eigenvalue weighted by molar-refractivity contribution is -0.286. The fourth-order valence-electron chi connectivity index (χ4n) is 5.86. The summed E-state index contributed by atoms with van der Waals surface area (Å²) in [7, 11) is 0. The molecule has 0 radical (unpaired) electrons. The molecule has 15 heteroatoms. The minimum absolute atomic E-state index is 0.0360. The van der Waals surface area contributed by atoms with Crippen LogP contribution >= 0.6 is 0 Å². The summed E-state index contributed by atoms with van der Waals surface area (Å²) in [6.07, 6.45) is -5.98. The Labute approximate surface area is 241 Å². The molecular weight excluding hydrogens is 583 g/mol. The number of benzene rings is 1. The lowest BCUT2D eigenvalue weighted by Crippen LogP contribution is -2.29. The van der Waals surface area contributed by atoms with Gasteiger partial charge in [0, 0.05) is 11.6 Å². The topological polar surface area (TPSA) is 118 Å². The summed E-state index contributed by atoms with van der Waals surface area (Å²) in [5.41, 5.74) is -0.0702. The SMILES string of the molecule is C[C@H](Oc1cc(-n2nc(C(F)(F)F)c3c2[C@@H](O[C@H]2CC[C@H](C(=O)O)CC2)CCC3)cnn1)c1ccc2c(c1)OC(F)(F)O2. The van der Waals surface area contributed by atoms with Crippen molar-refractivity contribution in [2.24, 2.45) is 5.92 Å². The Bertz CT molecular complexity index is 1520. The predicted octanol–water partition coefficient (Wildman–Crippen LogP) is 6.18. The Balaban J connectivity index is 1.27. The number of nitrogens with zero attached hydrogens (tertiary/aromatic N) is 4. The van der Waals surface area contributed by atoms with Crippen molar-refractivity contribution in [3.05, 3.63) is 53.0 Å². The first-order chi connectivity index (χ1) is 20.4. The minimum atomic E-state index is -4.71. The maximum Gasteiger partial charge on any atom is 0.586 e. The second-order valence-corrected chi connectivity index (χ2v) is 10.8. The number of hydrogen-bond donors (Lipinski definition) is 1. The van der Waals surface area contributed by atoms with Gasteiger partial charge in [-0.05, 0) is 69.6 Å². The molecule has 0 amide bonds. The lowest BCUT2D eigenvalue weighted by atomic mass is 9.87. The zero-order chi connectivity index (χ0) is 30.5. The highest BCUT2D eigenvalue weighted by Gasteiger charge is 2.44. The molecule has 1 N–H and O–H groups in total. The minimum Gasteiger partial charge on any atom is -0.481 e. The summed E-state index contributed by atoms with van der Waals surface area (Å²) in [6.45, 7) is 1.63. The fourth-order valence-corrected chi connectivity index (χ4v) is 5.86. The van der Waals surface area contributed by atoms with E-state index in [9.17, 15) is 31.9 Å². The molecule has 0 bridgehead atoms. The van der Waals surface area contributed by atoms with E-state index in [0.29, 0.717) is 44.1 Å². The first-order valence-corrected chi connectivity index (χ1v) is 13.8. The van der Waals surface area contributed by atoms with Gasteiger partial charge in [-0.2, -0.15) is 23.4 Å². The molecule has 3 aliphatic rings. The van der Waals surface area contributed by atoms with Crippen LogP contribution < -0.4 is 14.2 Å². The van der Waals surface area contributed by atoms with E-state index in [1.54, 1.807) is 6.92 Å². The Morgan fingerprint density at radius 2 is 1.86 bits per heavy atom. The molecule has 10 nitrogen and oxygen atoms in total. The summed E-state index contributed by atoms with van der Waals surface area (Å²) in [4.78, 5) is 11.3. The number of carbonyl (C=O) groups is 1. The van der Waals surface area contributed by atoms with E-state index in [-0.39, 0.29) is 46.8 Å². The van der Waals surface area contributed by atoms with E-state index in [0.717, 1.165) is 0 Å². The Morgan fingerprint density at radius 1 is 1.12 bits per heavy atom. The molecule has 2 aromatic heterocycles. The largest absolute Gasteiger partial charge is 0.586 e. The molecule has 1 aromatic carbocycles. The second kappa shape index (κ2) is 10.9. The molecule has 43 heavy (non-hydrogen) atoms. The van der Waals surface area contributed by atoms with Crippen LogP contribution in [-0.4, -0.2) is 43.5 Å². The third-order valence-electron chi connectivity index (χ3n) is 7.92. The quantitative estimate of drug-likeness (QED) is 0.313. The van der Waals surface area contributed by atoms with Crippen LogP contribution in [0.1, 0.15) is 80.2 Å². The number of hydrogen-bond acceptors (Lipinski definition) is 8. The van der Waals surface area contributed by atoms with Crippen molar-refractivity contribution in [2.45, 2.75) is 82.7 Å². The Hall–Kier alpha value is -4.01. The maximum absolute atomic E-state index is 14.1. The highest BCUT2D eigenvalue weighted by atomic mass is 19.4. The number of carboxylic acids is 1. The van der Waals surface area contributed by atoms with Crippen molar-refractivity contribution in [1.82, 2.24) is 20.0 Å². The van der Waals surface area contributed by atoms with Crippen LogP contribution in [0.15, 0.2) is 30.5 Å². The van der Waals surface area contributed by atoms with Gasteiger partial charge in [0.05, 0.1) is 29.6 Å². The molecule has 230 valence electrons. The van der Waals surface area contributed by atoms with Crippen molar-refractivity contribution in [3.8, 4) is 23.1 Å². The van der Waals surface area contributed by atoms with Gasteiger partial charge >= 0.3 is 18.4 Å². The summed E-state index contributed by atoms with van der Waals surface area (Å²) >= 11 is 0. The van der Waals surface area contributed by atoms with E-state index in [1.807, 2.05) is 0 Å². The number of fused-ring (bicyclic) bond motifs is 2. The number of aromatic nitrogens is 4. The fraction of sp³-hybridized carbons (Fsp3) is 0.500. The van der Waals surface area contributed by atoms with Gasteiger partial charge in [-0.15, -0.1) is 13.9 Å². The van der Waals surface area contributed by atoms with E-state index in [1.165, 1.54) is 35.1 Å². The maximum atomic E-state index is 14.1. The zero-order valence-corrected chi connectivity index (χ0v) is 22.8. The summed E-state index contributed by atoms with van der Waals surface area (Å²) in [5.74, 6) is -1.64. The van der Waals surface area contributed by atoms with Crippen molar-refractivity contribution in [3.63, 3.8) is 0 Å². The lowest BCUT2D eigenvalue weighted by Gasteiger charge is -2.32. The van der Waals surface area contributed by atoms with Gasteiger partial charge in [0.2, 0.25) is 5.88 Å². The van der Waals surface area contributed by atoms with E-state index in [2.05, 4.69) is 24.8 Å². The molecule has 3 aromatic rings. The van der Waals surface area contributed by atoms with Crippen molar-refractivity contribution >= 4 is 5.97 Å². The van der Waals surface area contributed by atoms with Gasteiger partial charge in [0.1, 0.15) is 12.2 Å². The normalized spacial score (nSPS) is 23.4. The smallest absolute Gasteiger partial charge is 0.481 e. The van der Waals surface area contributed by atoms with E-state index in [4.69, 9.17) is 9.47 Å². The van der Waals surface area contributed by atoms with Gasteiger partial charge in [-0.3, -0.25) is 4.79 Å². The van der Waals surface area contributed by atoms with Crippen molar-refractivity contribution < 1.29 is 50.8 Å². The zero-order valence-electron chi connectivity index (χ0n) is 22.8. The van der Waals surface area contributed by atoms with Gasteiger partial charge < -0.3 is 24.1 Å². The van der Waals surface area contributed by atoms with Gasteiger partial charge in [0.15, 0.2) is 17.2 Å². The Kier molecular flexibility index (Phi) is 7.39. The highest BCUT2D eigenvalue weighted by molar-refractivity contribution is 5.70. The van der Waals surface area contributed by atoms with Crippen LogP contribution in [0.4, 0.5) is 22.0 Å². The molecule has 2 aliphatic carbocycles. The number of aliphatic carboxylic acids is 1. The van der Waals surface area contributed by atoms with Gasteiger partial charge in [-0.1, -0.05) is 6.07 Å². The molecule has 6 rings (SSSR count). The van der Waals surface area contributed by atoms with Crippen LogP contribution in [0, 0.1) is 5.92 Å². The molecule has 2 atom stereocenters. The van der Waals surface area contributed by atoms with Crippen LogP contribution in [0.2, 0.25) is 0 Å². The summed E-state index contributed by atoms with van der Waals surface area (Å²) in [5, 5.41) is 21.1. The number of ether oxygens (including phenoxy) is 4. The summed E-state index contributed by atoms with van der Waals surface area (Å²) < 4.78 is 91.4. The molecule has 0 saturated heterocycles. The average Bonchev–Trinajstić information content (AvgIpc) is 3.50. The third kappa shape index (κ3) is 5.94. The number of carboxylic acid groups (broad SMARTS) is 1. The monoisotopic (exact) mass is 610 g/mol. The first kappa shape index (κ1) is 29.1. The molecule has 0 unspecified atom stereocenters. The molecular formula is C28H27F5N4O6. The molecule has 0 spiro atoms. The number of alkyl halides is 5. The Morgan fingerprint density at radius 3 is 2.58 bits per heavy atom. The standard InChI is InChI=1S/C28H27F5N4O6/c1-14(16-7-10-20-22(11-16)43-28(32,33)42-20)40-23-12-17(13-34-35-23)37-24-19(25(36-37)27(29,30)31)3-2-4-21(24)41-18-8-5-15(6-9-18)26(38)39/h7,10-15,18,21H,2-6,8-9H2,1H3,(H,38,39)/t14-,15-,18-,21-/m0/s1. The van der Waals surface area contributed by atoms with Gasteiger partial charge in [-0.25, -0.2) is 4.68 Å². The molecule has 1 aliphatic heterocycles. The van der Waals surface area contributed by atoms with Gasteiger partial charge in [0.25, 0.3) is 0 Å². The number of rotatable bonds is 7. The molecule has 1 fully saturated rings. The molecule has 1 saturated carbocycles. The third-order valence-corrected chi connectivity index (χ3v) is 7.92. The first-order valence-electron chi connectivity index (χ1n) is 13.8. The number of halogens is 5. The van der Waals surface area contributed by atoms with E-state index < -0.39 is 42.3 Å².